The van der Waals surface area contributed by atoms with Crippen molar-refractivity contribution in [2.24, 2.45) is 23.2 Å². The van der Waals surface area contributed by atoms with Crippen molar-refractivity contribution in [2.75, 3.05) is 13.7 Å². The molecule has 4 saturated carbocycles. The van der Waals surface area contributed by atoms with Crippen LogP contribution in [0, 0.1) is 23.2 Å². The third kappa shape index (κ3) is 5.02. The molecule has 0 radical (unpaired) electrons. The number of amides is 2. The Morgan fingerprint density at radius 1 is 1.03 bits per heavy atom. The molecule has 182 valence electrons. The first-order valence-electron chi connectivity index (χ1n) is 12.7. The normalized spacial score (nSPS) is 26.9. The average Bonchev–Trinajstić information content (AvgIpc) is 3.34. The van der Waals surface area contributed by atoms with E-state index in [0.29, 0.717) is 32.5 Å². The average molecular weight is 481 g/mol. The molecule has 4 aliphatic carbocycles. The van der Waals surface area contributed by atoms with E-state index in [1.807, 2.05) is 40.6 Å². The topological polar surface area (TPSA) is 58.6 Å². The van der Waals surface area contributed by atoms with Crippen LogP contribution >= 0.6 is 11.3 Å². The van der Waals surface area contributed by atoms with E-state index < -0.39 is 0 Å². The van der Waals surface area contributed by atoms with Crippen LogP contribution in [0.15, 0.2) is 41.8 Å². The molecule has 2 amide bonds. The van der Waals surface area contributed by atoms with E-state index >= 15 is 0 Å². The third-order valence-corrected chi connectivity index (χ3v) is 9.07. The molecule has 4 fully saturated rings. The van der Waals surface area contributed by atoms with Gasteiger partial charge in [-0.3, -0.25) is 9.59 Å². The lowest BCUT2D eigenvalue weighted by Gasteiger charge is -2.55. The van der Waals surface area contributed by atoms with Crippen molar-refractivity contribution < 1.29 is 14.3 Å². The molecule has 1 aromatic heterocycles. The second-order valence-corrected chi connectivity index (χ2v) is 11.7. The quantitative estimate of drug-likeness (QED) is 0.463. The lowest BCUT2D eigenvalue weighted by molar-refractivity contribution is -0.146. The fraction of sp³-hybridized carbons (Fsp3) is 0.571. The summed E-state index contributed by atoms with van der Waals surface area (Å²) in [6, 6.07) is 12.0. The van der Waals surface area contributed by atoms with E-state index in [1.54, 1.807) is 18.4 Å². The minimum Gasteiger partial charge on any atom is -0.496 e. The fourth-order valence-corrected chi connectivity index (χ4v) is 7.76. The number of thiophene rings is 1. The Morgan fingerprint density at radius 2 is 1.74 bits per heavy atom. The van der Waals surface area contributed by atoms with Crippen LogP contribution in [0.5, 0.6) is 5.75 Å². The summed E-state index contributed by atoms with van der Waals surface area (Å²) in [5, 5.41) is 5.26. The van der Waals surface area contributed by atoms with E-state index in [0.717, 1.165) is 48.3 Å². The minimum atomic E-state index is -0.117. The lowest BCUT2D eigenvalue weighted by Crippen LogP contribution is -2.53. The molecule has 0 unspecified atom stereocenters. The fourth-order valence-electron chi connectivity index (χ4n) is 7.04. The predicted molar refractivity (Wildman–Crippen MR) is 134 cm³/mol. The van der Waals surface area contributed by atoms with E-state index in [9.17, 15) is 9.59 Å². The van der Waals surface area contributed by atoms with Crippen LogP contribution in [0.25, 0.3) is 0 Å². The Labute approximate surface area is 206 Å². The van der Waals surface area contributed by atoms with E-state index in [1.165, 1.54) is 24.1 Å². The largest absolute Gasteiger partial charge is 0.496 e. The van der Waals surface area contributed by atoms with Gasteiger partial charge in [-0.15, -0.1) is 11.3 Å². The van der Waals surface area contributed by atoms with Crippen LogP contribution in [0.4, 0.5) is 0 Å². The van der Waals surface area contributed by atoms with Gasteiger partial charge in [0.2, 0.25) is 11.8 Å². The molecule has 4 aliphatic rings. The number of nitrogens with zero attached hydrogens (tertiary/aromatic N) is 1. The van der Waals surface area contributed by atoms with Crippen LogP contribution in [0.1, 0.15) is 61.8 Å². The zero-order valence-electron chi connectivity index (χ0n) is 20.1. The summed E-state index contributed by atoms with van der Waals surface area (Å²) >= 11 is 1.67. The number of hydrogen-bond donors (Lipinski definition) is 1. The van der Waals surface area contributed by atoms with Crippen LogP contribution in [-0.2, 0) is 22.7 Å². The van der Waals surface area contributed by atoms with Crippen molar-refractivity contribution in [1.82, 2.24) is 10.2 Å². The Bertz CT molecular complexity index is 968. The van der Waals surface area contributed by atoms with Crippen LogP contribution in [0.2, 0.25) is 0 Å². The van der Waals surface area contributed by atoms with Gasteiger partial charge in [-0.1, -0.05) is 24.3 Å². The second-order valence-electron chi connectivity index (χ2n) is 10.7. The number of carbonyl (C=O) groups is 2. The SMILES string of the molecule is COc1ccccc1CN(Cc1cccs1)C(=O)CCCNC(=O)C12CC3CC(CC(C3)C1)C2. The summed E-state index contributed by atoms with van der Waals surface area (Å²) in [5.74, 6) is 3.46. The Hall–Kier alpha value is -2.34. The number of methoxy groups -OCH3 is 1. The molecule has 1 heterocycles. The molecular weight excluding hydrogens is 444 g/mol. The summed E-state index contributed by atoms with van der Waals surface area (Å²) in [6.07, 6.45) is 8.37. The highest BCUT2D eigenvalue weighted by atomic mass is 32.1. The molecule has 34 heavy (non-hydrogen) atoms. The highest BCUT2D eigenvalue weighted by molar-refractivity contribution is 7.09. The minimum absolute atomic E-state index is 0.114. The van der Waals surface area contributed by atoms with E-state index in [-0.39, 0.29) is 17.2 Å². The van der Waals surface area contributed by atoms with Crippen molar-refractivity contribution in [3.8, 4) is 5.75 Å². The summed E-state index contributed by atoms with van der Waals surface area (Å²) in [5.41, 5.74) is 0.887. The molecule has 0 aliphatic heterocycles. The molecule has 2 aromatic rings. The maximum Gasteiger partial charge on any atom is 0.226 e. The molecule has 1 aromatic carbocycles. The highest BCUT2D eigenvalue weighted by Gasteiger charge is 2.54. The van der Waals surface area contributed by atoms with E-state index in [4.69, 9.17) is 4.74 Å². The number of rotatable bonds is 10. The Balaban J connectivity index is 1.15. The molecule has 1 N–H and O–H groups in total. The molecule has 6 rings (SSSR count). The number of ether oxygens (including phenoxy) is 1. The Morgan fingerprint density at radius 3 is 2.38 bits per heavy atom. The summed E-state index contributed by atoms with van der Waals surface area (Å²) in [7, 11) is 1.66. The van der Waals surface area contributed by atoms with Gasteiger partial charge in [0.25, 0.3) is 0 Å². The van der Waals surface area contributed by atoms with Gasteiger partial charge in [0, 0.05) is 35.4 Å². The third-order valence-electron chi connectivity index (χ3n) is 8.21. The standard InChI is InChI=1S/C28H36N2O3S/c1-33-25-8-3-2-6-23(25)18-30(19-24-7-5-11-34-24)26(31)9-4-10-29-27(32)28-15-20-12-21(16-28)14-22(13-20)17-28/h2-3,5-8,11,20-22H,4,9-10,12-19H2,1H3,(H,29,32). The number of benzene rings is 1. The van der Waals surface area contributed by atoms with Gasteiger partial charge in [-0.05, 0) is 80.2 Å². The predicted octanol–water partition coefficient (Wildman–Crippen LogP) is 5.40. The van der Waals surface area contributed by atoms with Gasteiger partial charge in [0.05, 0.1) is 13.7 Å². The van der Waals surface area contributed by atoms with Gasteiger partial charge < -0.3 is 15.0 Å². The monoisotopic (exact) mass is 480 g/mol. The number of hydrogen-bond acceptors (Lipinski definition) is 4. The number of para-hydroxylation sites is 1. The highest BCUT2D eigenvalue weighted by Crippen LogP contribution is 2.60. The molecule has 0 spiro atoms. The van der Waals surface area contributed by atoms with Crippen molar-refractivity contribution in [3.05, 3.63) is 52.2 Å². The summed E-state index contributed by atoms with van der Waals surface area (Å²) in [4.78, 5) is 29.5. The number of nitrogens with one attached hydrogen (secondary N) is 1. The van der Waals surface area contributed by atoms with E-state index in [2.05, 4.69) is 11.4 Å². The second kappa shape index (κ2) is 10.1. The molecular formula is C28H36N2O3S. The van der Waals surface area contributed by atoms with Crippen LogP contribution < -0.4 is 10.1 Å². The first-order chi connectivity index (χ1) is 16.5. The summed E-state index contributed by atoms with van der Waals surface area (Å²) in [6.45, 7) is 1.68. The maximum absolute atomic E-state index is 13.2. The Kier molecular flexibility index (Phi) is 6.96. The summed E-state index contributed by atoms with van der Waals surface area (Å²) < 4.78 is 5.50. The molecule has 4 bridgehead atoms. The van der Waals surface area contributed by atoms with Crippen molar-refractivity contribution in [1.29, 1.82) is 0 Å². The maximum atomic E-state index is 13.2. The smallest absolute Gasteiger partial charge is 0.226 e. The van der Waals surface area contributed by atoms with Crippen molar-refractivity contribution in [2.45, 2.75) is 64.5 Å². The first kappa shape index (κ1) is 23.4. The van der Waals surface area contributed by atoms with Gasteiger partial charge in [-0.2, -0.15) is 0 Å². The van der Waals surface area contributed by atoms with Gasteiger partial charge in [-0.25, -0.2) is 0 Å². The van der Waals surface area contributed by atoms with Crippen LogP contribution in [-0.4, -0.2) is 30.4 Å². The van der Waals surface area contributed by atoms with Gasteiger partial charge >= 0.3 is 0 Å². The molecule has 0 atom stereocenters. The molecule has 6 heteroatoms. The van der Waals surface area contributed by atoms with Gasteiger partial charge in [0.15, 0.2) is 0 Å². The van der Waals surface area contributed by atoms with Crippen LogP contribution in [0.3, 0.4) is 0 Å². The van der Waals surface area contributed by atoms with Crippen molar-refractivity contribution >= 4 is 23.2 Å². The van der Waals surface area contributed by atoms with Crippen molar-refractivity contribution in [3.63, 3.8) is 0 Å². The molecule has 5 nitrogen and oxygen atoms in total. The zero-order valence-corrected chi connectivity index (χ0v) is 20.9. The van der Waals surface area contributed by atoms with Gasteiger partial charge in [0.1, 0.15) is 5.75 Å². The molecule has 0 saturated heterocycles. The first-order valence-corrected chi connectivity index (χ1v) is 13.6. The number of carbonyl (C=O) groups excluding carboxylic acids is 2. The lowest BCUT2D eigenvalue weighted by atomic mass is 9.49. The zero-order chi connectivity index (χ0) is 23.5.